The maximum Gasteiger partial charge on any atom is 0.257 e. The fourth-order valence-corrected chi connectivity index (χ4v) is 4.48. The molecule has 0 aromatic heterocycles. The maximum absolute atomic E-state index is 13.0. The van der Waals surface area contributed by atoms with Gasteiger partial charge in [0.1, 0.15) is 5.75 Å². The molecule has 6 nitrogen and oxygen atoms in total. The number of amides is 2. The van der Waals surface area contributed by atoms with Crippen molar-refractivity contribution in [2.24, 2.45) is 5.92 Å². The first-order valence-corrected chi connectivity index (χ1v) is 10.6. The molecule has 1 saturated carbocycles. The first kappa shape index (κ1) is 19.5. The predicted octanol–water partition coefficient (Wildman–Crippen LogP) is 2.51. The monoisotopic (exact) mass is 405 g/mol. The van der Waals surface area contributed by atoms with E-state index in [0.717, 1.165) is 44.9 Å². The van der Waals surface area contributed by atoms with Crippen LogP contribution in [0.15, 0.2) is 18.2 Å². The van der Waals surface area contributed by atoms with Crippen molar-refractivity contribution in [1.29, 1.82) is 0 Å². The maximum atomic E-state index is 13.0. The Kier molecular flexibility index (Phi) is 5.78. The molecule has 1 unspecified atom stereocenters. The Morgan fingerprint density at radius 3 is 2.71 bits per heavy atom. The number of hydrogen-bond donors (Lipinski definition) is 0. The van der Waals surface area contributed by atoms with Crippen molar-refractivity contribution in [1.82, 2.24) is 14.7 Å². The van der Waals surface area contributed by atoms with Gasteiger partial charge in [-0.15, -0.1) is 0 Å². The lowest BCUT2D eigenvalue weighted by molar-refractivity contribution is -0.132. The van der Waals surface area contributed by atoms with Gasteiger partial charge in [-0.3, -0.25) is 14.5 Å². The number of likely N-dealkylation sites (tertiary alicyclic amines) is 1. The normalized spacial score (nSPS) is 23.8. The van der Waals surface area contributed by atoms with Crippen LogP contribution < -0.4 is 4.74 Å². The van der Waals surface area contributed by atoms with Gasteiger partial charge in [0.05, 0.1) is 18.7 Å². The summed E-state index contributed by atoms with van der Waals surface area (Å²) in [4.78, 5) is 32.0. The zero-order chi connectivity index (χ0) is 19.7. The molecule has 0 N–H and O–H groups in total. The van der Waals surface area contributed by atoms with Crippen molar-refractivity contribution in [2.75, 3.05) is 46.4 Å². The number of nitrogens with zero attached hydrogens (tertiary/aromatic N) is 3. The molecule has 0 bridgehead atoms. The van der Waals surface area contributed by atoms with Gasteiger partial charge < -0.3 is 14.5 Å². The zero-order valence-electron chi connectivity index (χ0n) is 16.4. The number of methoxy groups -OCH3 is 1. The van der Waals surface area contributed by atoms with Gasteiger partial charge in [-0.1, -0.05) is 11.6 Å². The molecule has 3 aliphatic rings. The van der Waals surface area contributed by atoms with Gasteiger partial charge in [-0.05, 0) is 49.8 Å². The fraction of sp³-hybridized carbons (Fsp3) is 0.619. The number of ether oxygens (including phenoxy) is 1. The van der Waals surface area contributed by atoms with E-state index in [1.807, 2.05) is 4.90 Å². The van der Waals surface area contributed by atoms with E-state index in [-0.39, 0.29) is 17.9 Å². The molecule has 3 fully saturated rings. The van der Waals surface area contributed by atoms with E-state index in [1.54, 1.807) is 25.3 Å². The molecule has 0 radical (unpaired) electrons. The van der Waals surface area contributed by atoms with Gasteiger partial charge >= 0.3 is 0 Å². The topological polar surface area (TPSA) is 53.1 Å². The first-order valence-electron chi connectivity index (χ1n) is 10.2. The minimum Gasteiger partial charge on any atom is -0.496 e. The van der Waals surface area contributed by atoms with Crippen molar-refractivity contribution >= 4 is 23.4 Å². The summed E-state index contributed by atoms with van der Waals surface area (Å²) in [7, 11) is 1.55. The van der Waals surface area contributed by atoms with Crippen LogP contribution in [0.5, 0.6) is 5.75 Å². The SMILES string of the molecule is COc1cc(Cl)ccc1C(=O)N1CCCN(C2CCN(CC3CC3)C2=O)CC1. The van der Waals surface area contributed by atoms with Crippen LogP contribution in [0, 0.1) is 5.92 Å². The quantitative estimate of drug-likeness (QED) is 0.755. The number of rotatable bonds is 5. The fourth-order valence-electron chi connectivity index (χ4n) is 4.32. The van der Waals surface area contributed by atoms with E-state index in [1.165, 1.54) is 12.8 Å². The van der Waals surface area contributed by atoms with E-state index in [0.29, 0.717) is 29.4 Å². The standard InChI is InChI=1S/C21H28ClN3O3/c1-28-19-13-16(22)5-6-17(19)20(26)24-9-2-8-23(11-12-24)18-7-10-25(21(18)27)14-15-3-4-15/h5-6,13,15,18H,2-4,7-12,14H2,1H3. The summed E-state index contributed by atoms with van der Waals surface area (Å²) in [5, 5.41) is 0.547. The van der Waals surface area contributed by atoms with Gasteiger partial charge in [-0.2, -0.15) is 0 Å². The zero-order valence-corrected chi connectivity index (χ0v) is 17.2. The first-order chi connectivity index (χ1) is 13.6. The molecule has 28 heavy (non-hydrogen) atoms. The second-order valence-corrected chi connectivity index (χ2v) is 8.49. The second-order valence-electron chi connectivity index (χ2n) is 8.06. The van der Waals surface area contributed by atoms with Crippen LogP contribution in [0.2, 0.25) is 5.02 Å². The van der Waals surface area contributed by atoms with Crippen molar-refractivity contribution in [3.05, 3.63) is 28.8 Å². The Hall–Kier alpha value is -1.79. The molecule has 7 heteroatoms. The minimum absolute atomic E-state index is 0.0149. The van der Waals surface area contributed by atoms with Crippen LogP contribution in [0.3, 0.4) is 0 Å². The van der Waals surface area contributed by atoms with Crippen LogP contribution in [0.4, 0.5) is 0 Å². The van der Waals surface area contributed by atoms with Crippen LogP contribution in [-0.2, 0) is 4.79 Å². The molecule has 1 atom stereocenters. The second kappa shape index (κ2) is 8.29. The molecule has 1 aliphatic carbocycles. The summed E-state index contributed by atoms with van der Waals surface area (Å²) in [5.74, 6) is 1.48. The Morgan fingerprint density at radius 2 is 1.96 bits per heavy atom. The summed E-state index contributed by atoms with van der Waals surface area (Å²) in [5.41, 5.74) is 0.535. The third-order valence-corrected chi connectivity index (χ3v) is 6.33. The van der Waals surface area contributed by atoms with Gasteiger partial charge in [0.2, 0.25) is 5.91 Å². The molecule has 2 saturated heterocycles. The Morgan fingerprint density at radius 1 is 1.14 bits per heavy atom. The Balaban J connectivity index is 1.38. The van der Waals surface area contributed by atoms with Crippen molar-refractivity contribution in [2.45, 2.75) is 31.7 Å². The smallest absolute Gasteiger partial charge is 0.257 e. The summed E-state index contributed by atoms with van der Waals surface area (Å²) >= 11 is 6.02. The Labute approximate surface area is 171 Å². The minimum atomic E-state index is -0.0384. The van der Waals surface area contributed by atoms with Crippen LogP contribution in [0.25, 0.3) is 0 Å². The highest BCUT2D eigenvalue weighted by Gasteiger charge is 2.39. The molecule has 1 aromatic rings. The Bertz CT molecular complexity index is 752. The number of halogens is 1. The lowest BCUT2D eigenvalue weighted by Gasteiger charge is -2.27. The molecule has 152 valence electrons. The van der Waals surface area contributed by atoms with E-state index in [2.05, 4.69) is 9.80 Å². The van der Waals surface area contributed by atoms with Gasteiger partial charge in [0, 0.05) is 44.3 Å². The van der Waals surface area contributed by atoms with Crippen LogP contribution in [-0.4, -0.2) is 78.9 Å². The highest BCUT2D eigenvalue weighted by molar-refractivity contribution is 6.30. The predicted molar refractivity (Wildman–Crippen MR) is 108 cm³/mol. The summed E-state index contributed by atoms with van der Waals surface area (Å²) in [6, 6.07) is 5.10. The molecular formula is C21H28ClN3O3. The van der Waals surface area contributed by atoms with E-state index in [4.69, 9.17) is 16.3 Å². The van der Waals surface area contributed by atoms with E-state index >= 15 is 0 Å². The summed E-state index contributed by atoms with van der Waals surface area (Å²) in [6.07, 6.45) is 4.31. The number of carbonyl (C=O) groups excluding carboxylic acids is 2. The molecule has 2 amide bonds. The highest BCUT2D eigenvalue weighted by atomic mass is 35.5. The molecule has 1 aromatic carbocycles. The van der Waals surface area contributed by atoms with E-state index in [9.17, 15) is 9.59 Å². The molecular weight excluding hydrogens is 378 g/mol. The molecule has 0 spiro atoms. The number of benzene rings is 1. The third-order valence-electron chi connectivity index (χ3n) is 6.10. The van der Waals surface area contributed by atoms with E-state index < -0.39 is 0 Å². The highest BCUT2D eigenvalue weighted by Crippen LogP contribution is 2.32. The van der Waals surface area contributed by atoms with Crippen LogP contribution >= 0.6 is 11.6 Å². The average Bonchev–Trinajstić information content (AvgIpc) is 3.48. The average molecular weight is 406 g/mol. The lowest BCUT2D eigenvalue weighted by atomic mass is 10.1. The van der Waals surface area contributed by atoms with Gasteiger partial charge in [0.25, 0.3) is 5.91 Å². The summed E-state index contributed by atoms with van der Waals surface area (Å²) < 4.78 is 5.34. The van der Waals surface area contributed by atoms with Crippen molar-refractivity contribution in [3.8, 4) is 5.75 Å². The van der Waals surface area contributed by atoms with Crippen molar-refractivity contribution < 1.29 is 14.3 Å². The third kappa shape index (κ3) is 4.13. The van der Waals surface area contributed by atoms with Crippen molar-refractivity contribution in [3.63, 3.8) is 0 Å². The van der Waals surface area contributed by atoms with Gasteiger partial charge in [-0.25, -0.2) is 0 Å². The largest absolute Gasteiger partial charge is 0.496 e. The van der Waals surface area contributed by atoms with Crippen LogP contribution in [0.1, 0.15) is 36.0 Å². The molecule has 4 rings (SSSR count). The lowest BCUT2D eigenvalue weighted by Crippen LogP contribution is -2.44. The van der Waals surface area contributed by atoms with Gasteiger partial charge in [0.15, 0.2) is 0 Å². The number of hydrogen-bond acceptors (Lipinski definition) is 4. The number of carbonyl (C=O) groups is 2. The molecule has 2 heterocycles. The summed E-state index contributed by atoms with van der Waals surface area (Å²) in [6.45, 7) is 4.71. The molecule has 2 aliphatic heterocycles.